The van der Waals surface area contributed by atoms with Crippen LogP contribution in [0.3, 0.4) is 0 Å². The van der Waals surface area contributed by atoms with Crippen molar-refractivity contribution >= 4 is 40.0 Å². The van der Waals surface area contributed by atoms with Crippen molar-refractivity contribution in [2.75, 3.05) is 27.3 Å². The van der Waals surface area contributed by atoms with E-state index in [0.29, 0.717) is 11.4 Å². The maximum atomic E-state index is 12.3. The molecule has 0 amide bonds. The molecule has 0 bridgehead atoms. The summed E-state index contributed by atoms with van der Waals surface area (Å²) in [6.45, 7) is 2.26. The van der Waals surface area contributed by atoms with Gasteiger partial charge >= 0.3 is 0 Å². The number of nitrogens with one attached hydrogen (secondary N) is 3. The number of nitrogens with zero attached hydrogens (tertiary/aromatic N) is 1. The zero-order valence-electron chi connectivity index (χ0n) is 17.9. The van der Waals surface area contributed by atoms with Crippen molar-refractivity contribution in [1.82, 2.24) is 15.4 Å². The number of aliphatic imine (C=N–C) groups is 1. The Balaban J connectivity index is 0.00000320. The molecule has 3 N–H and O–H groups in total. The van der Waals surface area contributed by atoms with Crippen LogP contribution >= 0.6 is 24.0 Å². The molecule has 0 radical (unpaired) electrons. The van der Waals surface area contributed by atoms with Crippen LogP contribution in [0.2, 0.25) is 0 Å². The van der Waals surface area contributed by atoms with Gasteiger partial charge in [0.2, 0.25) is 10.0 Å². The number of halogens is 1. The van der Waals surface area contributed by atoms with Gasteiger partial charge in [-0.2, -0.15) is 0 Å². The van der Waals surface area contributed by atoms with Gasteiger partial charge in [-0.05, 0) is 55.2 Å². The lowest BCUT2D eigenvalue weighted by molar-refractivity contribution is 0.138. The normalized spacial score (nSPS) is 18.7. The molecule has 2 aliphatic carbocycles. The van der Waals surface area contributed by atoms with Gasteiger partial charge in [-0.25, -0.2) is 13.1 Å². The maximum Gasteiger partial charge on any atom is 0.240 e. The Hall–Kier alpha value is -0.910. The third-order valence-corrected chi connectivity index (χ3v) is 7.48. The van der Waals surface area contributed by atoms with Crippen LogP contribution in [0.4, 0.5) is 0 Å². The van der Waals surface area contributed by atoms with Gasteiger partial charge in [0.15, 0.2) is 5.96 Å². The average Bonchev–Trinajstić information content (AvgIpc) is 3.40. The van der Waals surface area contributed by atoms with Crippen molar-refractivity contribution in [3.63, 3.8) is 0 Å². The molecule has 0 saturated heterocycles. The van der Waals surface area contributed by atoms with Gasteiger partial charge in [0, 0.05) is 39.9 Å². The molecule has 0 unspecified atom stereocenters. The van der Waals surface area contributed by atoms with Crippen molar-refractivity contribution in [2.45, 2.75) is 62.4 Å². The van der Waals surface area contributed by atoms with Gasteiger partial charge in [-0.15, -0.1) is 24.0 Å². The lowest BCUT2D eigenvalue weighted by Gasteiger charge is -2.30. The van der Waals surface area contributed by atoms with Gasteiger partial charge in [0.25, 0.3) is 0 Å². The molecule has 0 aliphatic heterocycles. The SMILES string of the molecule is CN=C(NCc1ccc(S(=O)(=O)NC2CC2)cc1)NCC1(CCOC)CCCC1.I. The Morgan fingerprint density at radius 3 is 2.40 bits per heavy atom. The zero-order chi connectivity index (χ0) is 20.7. The average molecular weight is 551 g/mol. The van der Waals surface area contributed by atoms with E-state index < -0.39 is 10.0 Å². The van der Waals surface area contributed by atoms with E-state index in [-0.39, 0.29) is 35.4 Å². The Labute approximate surface area is 197 Å². The van der Waals surface area contributed by atoms with E-state index in [9.17, 15) is 8.42 Å². The summed E-state index contributed by atoms with van der Waals surface area (Å²) in [6.07, 6.45) is 7.94. The Bertz CT molecular complexity index is 789. The van der Waals surface area contributed by atoms with E-state index in [1.54, 1.807) is 26.3 Å². The van der Waals surface area contributed by atoms with Crippen molar-refractivity contribution < 1.29 is 13.2 Å². The summed E-state index contributed by atoms with van der Waals surface area (Å²) in [7, 11) is 0.129. The van der Waals surface area contributed by atoms with Gasteiger partial charge in [-0.3, -0.25) is 4.99 Å². The molecule has 0 atom stereocenters. The molecule has 30 heavy (non-hydrogen) atoms. The molecule has 7 nitrogen and oxygen atoms in total. The monoisotopic (exact) mass is 550 g/mol. The fourth-order valence-electron chi connectivity index (χ4n) is 3.91. The first-order valence-electron chi connectivity index (χ1n) is 10.5. The number of hydrogen-bond acceptors (Lipinski definition) is 4. The minimum absolute atomic E-state index is 0. The summed E-state index contributed by atoms with van der Waals surface area (Å²) >= 11 is 0. The third kappa shape index (κ3) is 7.35. The first-order chi connectivity index (χ1) is 14.0. The molecule has 0 heterocycles. The summed E-state index contributed by atoms with van der Waals surface area (Å²) < 4.78 is 32.5. The zero-order valence-corrected chi connectivity index (χ0v) is 21.1. The standard InChI is InChI=1S/C21H34N4O3S.HI/c1-22-20(24-16-21(13-14-28-2)11-3-4-12-21)23-15-17-5-9-19(10-6-17)29(26,27)25-18-7-8-18;/h5-6,9-10,18,25H,3-4,7-8,11-16H2,1-2H3,(H2,22,23,24);1H. The number of sulfonamides is 1. The number of ether oxygens (including phenoxy) is 1. The second-order valence-corrected chi connectivity index (χ2v) is 9.98. The molecule has 2 aliphatic rings. The van der Waals surface area contributed by atoms with E-state index in [0.717, 1.165) is 43.9 Å². The van der Waals surface area contributed by atoms with Crippen molar-refractivity contribution in [1.29, 1.82) is 0 Å². The fourth-order valence-corrected chi connectivity index (χ4v) is 5.22. The highest BCUT2D eigenvalue weighted by Crippen LogP contribution is 2.40. The van der Waals surface area contributed by atoms with Crippen LogP contribution < -0.4 is 15.4 Å². The number of benzene rings is 1. The molecule has 170 valence electrons. The van der Waals surface area contributed by atoms with Gasteiger partial charge < -0.3 is 15.4 Å². The Morgan fingerprint density at radius 2 is 1.83 bits per heavy atom. The highest BCUT2D eigenvalue weighted by Gasteiger charge is 2.33. The summed E-state index contributed by atoms with van der Waals surface area (Å²) in [4.78, 5) is 4.65. The number of hydrogen-bond donors (Lipinski definition) is 3. The number of methoxy groups -OCH3 is 1. The van der Waals surface area contributed by atoms with Crippen LogP contribution in [0.1, 0.15) is 50.5 Å². The first kappa shape index (κ1) is 25.4. The van der Waals surface area contributed by atoms with E-state index in [4.69, 9.17) is 4.74 Å². The van der Waals surface area contributed by atoms with Gasteiger partial charge in [0.05, 0.1) is 4.90 Å². The molecule has 3 rings (SSSR count). The van der Waals surface area contributed by atoms with E-state index in [2.05, 4.69) is 20.3 Å². The summed E-state index contributed by atoms with van der Waals surface area (Å²) in [6, 6.07) is 7.13. The first-order valence-corrected chi connectivity index (χ1v) is 12.0. The molecule has 2 saturated carbocycles. The lowest BCUT2D eigenvalue weighted by Crippen LogP contribution is -2.43. The fraction of sp³-hybridized carbons (Fsp3) is 0.667. The molecule has 0 aromatic heterocycles. The summed E-state index contributed by atoms with van der Waals surface area (Å²) in [5.41, 5.74) is 1.30. The Morgan fingerprint density at radius 1 is 1.17 bits per heavy atom. The minimum Gasteiger partial charge on any atom is -0.385 e. The highest BCUT2D eigenvalue weighted by atomic mass is 127. The van der Waals surface area contributed by atoms with E-state index in [1.807, 2.05) is 12.1 Å². The number of guanidine groups is 1. The van der Waals surface area contributed by atoms with E-state index >= 15 is 0 Å². The second kappa shape index (κ2) is 11.6. The largest absolute Gasteiger partial charge is 0.385 e. The predicted molar refractivity (Wildman–Crippen MR) is 131 cm³/mol. The van der Waals surface area contributed by atoms with Crippen LogP contribution in [-0.2, 0) is 21.3 Å². The maximum absolute atomic E-state index is 12.3. The molecule has 1 aromatic rings. The minimum atomic E-state index is -3.40. The summed E-state index contributed by atoms with van der Waals surface area (Å²) in [5, 5.41) is 6.80. The Kier molecular flexibility index (Phi) is 9.83. The van der Waals surface area contributed by atoms with Crippen LogP contribution in [0.15, 0.2) is 34.2 Å². The highest BCUT2D eigenvalue weighted by molar-refractivity contribution is 14.0. The van der Waals surface area contributed by atoms with E-state index in [1.165, 1.54) is 25.7 Å². The van der Waals surface area contributed by atoms with Crippen molar-refractivity contribution in [3.8, 4) is 0 Å². The van der Waals surface area contributed by atoms with Gasteiger partial charge in [-0.1, -0.05) is 25.0 Å². The molecule has 9 heteroatoms. The van der Waals surface area contributed by atoms with Crippen LogP contribution in [-0.4, -0.2) is 47.7 Å². The molecule has 1 aromatic carbocycles. The van der Waals surface area contributed by atoms with Gasteiger partial charge in [0.1, 0.15) is 0 Å². The molecular formula is C21H35IN4O3S. The smallest absolute Gasteiger partial charge is 0.240 e. The quantitative estimate of drug-likeness (QED) is 0.237. The van der Waals surface area contributed by atoms with Crippen LogP contribution in [0.25, 0.3) is 0 Å². The lowest BCUT2D eigenvalue weighted by atomic mass is 9.83. The number of rotatable bonds is 10. The summed E-state index contributed by atoms with van der Waals surface area (Å²) in [5.74, 6) is 0.765. The topological polar surface area (TPSA) is 91.8 Å². The molecule has 2 fully saturated rings. The van der Waals surface area contributed by atoms with Crippen LogP contribution in [0.5, 0.6) is 0 Å². The third-order valence-electron chi connectivity index (χ3n) is 5.95. The second-order valence-electron chi connectivity index (χ2n) is 8.27. The van der Waals surface area contributed by atoms with Crippen molar-refractivity contribution in [2.24, 2.45) is 10.4 Å². The predicted octanol–water partition coefficient (Wildman–Crippen LogP) is 3.01. The van der Waals surface area contributed by atoms with Crippen molar-refractivity contribution in [3.05, 3.63) is 29.8 Å². The van der Waals surface area contributed by atoms with Crippen LogP contribution in [0, 0.1) is 5.41 Å². The molecule has 0 spiro atoms. The molecular weight excluding hydrogens is 515 g/mol.